The summed E-state index contributed by atoms with van der Waals surface area (Å²) in [5, 5.41) is 118. The molecule has 59 heavy (non-hydrogen) atoms. The largest absolute Gasteiger partial charge is 0.432 e. The van der Waals surface area contributed by atoms with E-state index >= 15 is 0 Å². The SMILES string of the molecule is CC1CCC2(C(=O)OC3OC(CO)C(O)C(O)C3O)CCC3(C)C(=CCC4C5(C)CC(O)C(O)C(C)(C(=O)OC6OC(CO)C(O)C(O)C6O)C5CCC43C)C2C1(C)O. The molecule has 0 spiro atoms. The second-order valence-corrected chi connectivity index (χ2v) is 20.3. The van der Waals surface area contributed by atoms with Crippen LogP contribution in [0.2, 0.25) is 0 Å². The topological polar surface area (TPSA) is 294 Å². The molecule has 22 unspecified atom stereocenters. The molecule has 2 saturated heterocycles. The van der Waals surface area contributed by atoms with Crippen molar-refractivity contribution in [3.63, 3.8) is 0 Å². The maximum atomic E-state index is 14.6. The third kappa shape index (κ3) is 6.26. The lowest BCUT2D eigenvalue weighted by Crippen LogP contribution is -2.70. The van der Waals surface area contributed by atoms with Crippen LogP contribution in [0.1, 0.15) is 92.9 Å². The quantitative estimate of drug-likeness (QED) is 0.110. The summed E-state index contributed by atoms with van der Waals surface area (Å²) in [5.41, 5.74) is -5.44. The van der Waals surface area contributed by atoms with Crippen LogP contribution in [0, 0.1) is 50.7 Å². The lowest BCUT2D eigenvalue weighted by atomic mass is 9.33. The first kappa shape index (κ1) is 45.2. The summed E-state index contributed by atoms with van der Waals surface area (Å²) in [6, 6.07) is 0. The fraction of sp³-hybridized carbons (Fsp3) is 0.905. The zero-order valence-electron chi connectivity index (χ0n) is 34.8. The number of esters is 2. The van der Waals surface area contributed by atoms with E-state index < -0.39 is 143 Å². The van der Waals surface area contributed by atoms with Gasteiger partial charge in [-0.05, 0) is 99.2 Å². The summed E-state index contributed by atoms with van der Waals surface area (Å²) in [4.78, 5) is 29.0. The number of carbonyl (C=O) groups is 2. The molecule has 0 bridgehead atoms. The molecular formula is C42H66O17. The first-order valence-electron chi connectivity index (χ1n) is 21.2. The monoisotopic (exact) mass is 842 g/mol. The van der Waals surface area contributed by atoms with Gasteiger partial charge >= 0.3 is 11.9 Å². The number of allylic oxidation sites excluding steroid dienone is 1. The average Bonchev–Trinajstić information content (AvgIpc) is 3.18. The van der Waals surface area contributed by atoms with Crippen LogP contribution in [0.5, 0.6) is 0 Å². The summed E-state index contributed by atoms with van der Waals surface area (Å²) in [7, 11) is 0. The van der Waals surface area contributed by atoms with Crippen LogP contribution in [0.25, 0.3) is 0 Å². The highest BCUT2D eigenvalue weighted by Crippen LogP contribution is 2.76. The van der Waals surface area contributed by atoms with Crippen LogP contribution in [-0.4, -0.2) is 161 Å². The fourth-order valence-corrected chi connectivity index (χ4v) is 13.7. The van der Waals surface area contributed by atoms with Gasteiger partial charge in [0.2, 0.25) is 12.6 Å². The van der Waals surface area contributed by atoms with Crippen molar-refractivity contribution in [3.05, 3.63) is 11.6 Å². The lowest BCUT2D eigenvalue weighted by molar-refractivity contribution is -0.303. The highest BCUT2D eigenvalue weighted by Gasteiger charge is 2.74. The summed E-state index contributed by atoms with van der Waals surface area (Å²) in [6.45, 7) is 10.1. The predicted octanol–water partition coefficient (Wildman–Crippen LogP) is -1.24. The smallest absolute Gasteiger partial charge is 0.317 e. The van der Waals surface area contributed by atoms with Crippen LogP contribution >= 0.6 is 0 Å². The van der Waals surface area contributed by atoms with Crippen molar-refractivity contribution in [1.29, 1.82) is 0 Å². The number of aliphatic hydroxyl groups is 11. The Bertz CT molecular complexity index is 1650. The summed E-state index contributed by atoms with van der Waals surface area (Å²) >= 11 is 0. The van der Waals surface area contributed by atoms with Crippen molar-refractivity contribution in [2.45, 2.75) is 172 Å². The van der Waals surface area contributed by atoms with Gasteiger partial charge in [0.1, 0.15) is 48.8 Å². The molecule has 0 amide bonds. The summed E-state index contributed by atoms with van der Waals surface area (Å²) in [6.07, 6.45) is -14.3. The van der Waals surface area contributed by atoms with Crippen LogP contribution in [0.15, 0.2) is 11.6 Å². The van der Waals surface area contributed by atoms with E-state index in [9.17, 15) is 65.8 Å². The van der Waals surface area contributed by atoms with Crippen molar-refractivity contribution < 1.29 is 84.7 Å². The molecule has 17 nitrogen and oxygen atoms in total. The van der Waals surface area contributed by atoms with E-state index in [1.165, 1.54) is 6.92 Å². The van der Waals surface area contributed by atoms with E-state index in [4.69, 9.17) is 18.9 Å². The van der Waals surface area contributed by atoms with Crippen molar-refractivity contribution in [2.24, 2.45) is 50.7 Å². The molecule has 0 aromatic heterocycles. The van der Waals surface area contributed by atoms with Crippen molar-refractivity contribution >= 4 is 11.9 Å². The van der Waals surface area contributed by atoms with Crippen molar-refractivity contribution in [3.8, 4) is 0 Å². The van der Waals surface area contributed by atoms with Gasteiger partial charge in [-0.1, -0.05) is 39.3 Å². The second-order valence-electron chi connectivity index (χ2n) is 20.3. The molecule has 17 heteroatoms. The van der Waals surface area contributed by atoms with Gasteiger partial charge in [0.25, 0.3) is 0 Å². The normalized spacial score (nSPS) is 56.0. The number of hydrogen-bond acceptors (Lipinski definition) is 17. The number of hydrogen-bond donors (Lipinski definition) is 11. The Kier molecular flexibility index (Phi) is 11.6. The molecule has 4 saturated carbocycles. The molecule has 7 aliphatic rings. The van der Waals surface area contributed by atoms with Gasteiger partial charge in [0.05, 0.1) is 41.9 Å². The molecule has 7 rings (SSSR count). The summed E-state index contributed by atoms with van der Waals surface area (Å²) < 4.78 is 22.6. The minimum absolute atomic E-state index is 0.148. The van der Waals surface area contributed by atoms with E-state index in [0.717, 1.165) is 5.57 Å². The van der Waals surface area contributed by atoms with Gasteiger partial charge in [-0.2, -0.15) is 0 Å². The van der Waals surface area contributed by atoms with Gasteiger partial charge in [-0.3, -0.25) is 9.59 Å². The molecule has 0 radical (unpaired) electrons. The zero-order chi connectivity index (χ0) is 43.6. The Hall–Kier alpha value is -1.84. The molecule has 2 aliphatic heterocycles. The van der Waals surface area contributed by atoms with E-state index in [0.29, 0.717) is 38.5 Å². The second kappa shape index (κ2) is 15.2. The molecule has 0 aromatic rings. The van der Waals surface area contributed by atoms with E-state index in [1.807, 2.05) is 13.8 Å². The van der Waals surface area contributed by atoms with Crippen LogP contribution < -0.4 is 0 Å². The number of aliphatic hydroxyl groups excluding tert-OH is 10. The predicted molar refractivity (Wildman–Crippen MR) is 202 cm³/mol. The maximum absolute atomic E-state index is 14.6. The highest BCUT2D eigenvalue weighted by atomic mass is 16.7. The minimum atomic E-state index is -1.86. The molecule has 22 atom stereocenters. The molecule has 0 aromatic carbocycles. The Morgan fingerprint density at radius 2 is 1.25 bits per heavy atom. The van der Waals surface area contributed by atoms with Gasteiger partial charge in [0.15, 0.2) is 0 Å². The zero-order valence-corrected chi connectivity index (χ0v) is 34.8. The number of ether oxygens (including phenoxy) is 4. The van der Waals surface area contributed by atoms with Gasteiger partial charge in [-0.25, -0.2) is 0 Å². The first-order chi connectivity index (χ1) is 27.4. The molecule has 11 N–H and O–H groups in total. The average molecular weight is 843 g/mol. The number of carbonyl (C=O) groups excluding carboxylic acids is 2. The van der Waals surface area contributed by atoms with Crippen LogP contribution in [0.4, 0.5) is 0 Å². The van der Waals surface area contributed by atoms with Crippen molar-refractivity contribution in [2.75, 3.05) is 13.2 Å². The van der Waals surface area contributed by atoms with Gasteiger partial charge < -0.3 is 75.1 Å². The van der Waals surface area contributed by atoms with Crippen molar-refractivity contribution in [1.82, 2.24) is 0 Å². The molecule has 2 heterocycles. The van der Waals surface area contributed by atoms with E-state index in [-0.39, 0.29) is 24.7 Å². The Morgan fingerprint density at radius 1 is 0.712 bits per heavy atom. The third-order valence-electron chi connectivity index (χ3n) is 17.7. The molecule has 6 fully saturated rings. The van der Waals surface area contributed by atoms with Gasteiger partial charge in [-0.15, -0.1) is 0 Å². The van der Waals surface area contributed by atoms with Gasteiger partial charge in [0, 0.05) is 5.92 Å². The van der Waals surface area contributed by atoms with E-state index in [2.05, 4.69) is 19.9 Å². The summed E-state index contributed by atoms with van der Waals surface area (Å²) in [5.74, 6) is -3.41. The van der Waals surface area contributed by atoms with Crippen LogP contribution in [0.3, 0.4) is 0 Å². The fourth-order valence-electron chi connectivity index (χ4n) is 13.7. The molecular weight excluding hydrogens is 776 g/mol. The highest BCUT2D eigenvalue weighted by molar-refractivity contribution is 5.80. The minimum Gasteiger partial charge on any atom is -0.432 e. The number of rotatable bonds is 6. The third-order valence-corrected chi connectivity index (χ3v) is 17.7. The van der Waals surface area contributed by atoms with E-state index in [1.54, 1.807) is 6.92 Å². The maximum Gasteiger partial charge on any atom is 0.317 e. The lowest BCUT2D eigenvalue weighted by Gasteiger charge is -2.72. The Labute approximate surface area is 343 Å². The first-order valence-corrected chi connectivity index (χ1v) is 21.2. The Balaban J connectivity index is 1.23. The molecule has 5 aliphatic carbocycles. The number of fused-ring (bicyclic) bond motifs is 7. The molecule has 336 valence electrons. The van der Waals surface area contributed by atoms with Crippen LogP contribution in [-0.2, 0) is 28.5 Å². The Morgan fingerprint density at radius 3 is 1.80 bits per heavy atom. The standard InChI is InChI=1S/C42H66O17/c1-18-9-12-42(36(54)59-34-30(51)28(49)26(47)22(17-44)57-34)14-13-38(3)19(31(42)41(18,6)55)7-8-23-37(2)15-20(45)32(52)40(5,24(37)10-11-39(23,38)4)35(53)58-33-29(50)27(48)25(46)21(16-43)56-33/h7,18,20-34,43-52,55H,8-17H2,1-6H3.